The van der Waals surface area contributed by atoms with E-state index < -0.39 is 0 Å². The Balaban J connectivity index is 1.31. The number of piperidine rings is 1. The van der Waals surface area contributed by atoms with Gasteiger partial charge in [-0.3, -0.25) is 9.69 Å². The number of hydrogen-bond acceptors (Lipinski definition) is 4. The molecule has 1 saturated heterocycles. The molecule has 1 fully saturated rings. The van der Waals surface area contributed by atoms with Gasteiger partial charge in [0.05, 0.1) is 30.6 Å². The Morgan fingerprint density at radius 2 is 1.83 bits per heavy atom. The normalized spacial score (nSPS) is 16.3. The Morgan fingerprint density at radius 1 is 1.06 bits per heavy atom. The molecule has 6 nitrogen and oxygen atoms in total. The molecular formula is C28H29ClN4O2. The number of hydrogen-bond donors (Lipinski definition) is 1. The summed E-state index contributed by atoms with van der Waals surface area (Å²) < 4.78 is 7.48. The van der Waals surface area contributed by atoms with Gasteiger partial charge in [0.2, 0.25) is 5.91 Å². The number of aromatic nitrogens is 2. The lowest BCUT2D eigenvalue weighted by molar-refractivity contribution is -0.121. The second kappa shape index (κ2) is 10.5. The average molecular weight is 489 g/mol. The van der Waals surface area contributed by atoms with Gasteiger partial charge < -0.3 is 14.6 Å². The molecule has 1 amide bonds. The number of para-hydroxylation sites is 2. The molecule has 1 aliphatic heterocycles. The minimum atomic E-state index is -0.0556. The van der Waals surface area contributed by atoms with Gasteiger partial charge in [-0.1, -0.05) is 35.9 Å². The van der Waals surface area contributed by atoms with Gasteiger partial charge in [-0.15, -0.1) is 0 Å². The molecule has 5 rings (SSSR count). The lowest BCUT2D eigenvalue weighted by Gasteiger charge is -2.31. The topological polar surface area (TPSA) is 59.4 Å². The van der Waals surface area contributed by atoms with E-state index in [1.807, 2.05) is 48.5 Å². The molecule has 0 radical (unpaired) electrons. The number of ether oxygens (including phenoxy) is 1. The fraction of sp³-hybridized carbons (Fsp3) is 0.286. The van der Waals surface area contributed by atoms with Gasteiger partial charge in [0, 0.05) is 23.8 Å². The number of likely N-dealkylation sites (tertiary alicyclic amines) is 1. The largest absolute Gasteiger partial charge is 0.497 e. The number of nitrogens with zero attached hydrogens (tertiary/aromatic N) is 3. The third-order valence-electron chi connectivity index (χ3n) is 6.59. The smallest absolute Gasteiger partial charge is 0.228 e. The van der Waals surface area contributed by atoms with Crippen LogP contribution in [0.3, 0.4) is 0 Å². The molecule has 7 heteroatoms. The molecule has 0 unspecified atom stereocenters. The Bertz CT molecular complexity index is 1300. The predicted octanol–water partition coefficient (Wildman–Crippen LogP) is 5.60. The first-order valence-electron chi connectivity index (χ1n) is 11.9. The molecule has 2 heterocycles. The van der Waals surface area contributed by atoms with Crippen LogP contribution in [0.4, 0.5) is 5.69 Å². The van der Waals surface area contributed by atoms with E-state index in [9.17, 15) is 4.79 Å². The first kappa shape index (κ1) is 23.4. The van der Waals surface area contributed by atoms with E-state index in [-0.39, 0.29) is 11.8 Å². The molecule has 3 aromatic carbocycles. The molecule has 1 N–H and O–H groups in total. The van der Waals surface area contributed by atoms with E-state index in [1.165, 1.54) is 5.56 Å². The molecule has 1 aliphatic rings. The summed E-state index contributed by atoms with van der Waals surface area (Å²) in [5, 5.41) is 3.80. The van der Waals surface area contributed by atoms with Crippen molar-refractivity contribution in [2.75, 3.05) is 25.5 Å². The summed E-state index contributed by atoms with van der Waals surface area (Å²) in [5.74, 6) is 1.79. The Labute approximate surface area is 210 Å². The molecule has 0 aliphatic carbocycles. The second-order valence-corrected chi connectivity index (χ2v) is 9.46. The number of carbonyl (C=O) groups excluding carboxylic acids is 1. The number of halogens is 1. The number of rotatable bonds is 7. The van der Waals surface area contributed by atoms with E-state index in [0.29, 0.717) is 13.1 Å². The van der Waals surface area contributed by atoms with E-state index in [0.717, 1.165) is 59.2 Å². The number of anilines is 1. The maximum atomic E-state index is 13.0. The number of fused-ring (bicyclic) bond motifs is 1. The number of methoxy groups -OCH3 is 1. The van der Waals surface area contributed by atoms with Crippen LogP contribution in [0.15, 0.2) is 72.8 Å². The number of imidazole rings is 1. The first-order valence-corrected chi connectivity index (χ1v) is 12.3. The van der Waals surface area contributed by atoms with Crippen molar-refractivity contribution in [1.29, 1.82) is 0 Å². The lowest BCUT2D eigenvalue weighted by Crippen LogP contribution is -2.40. The van der Waals surface area contributed by atoms with Crippen LogP contribution in [0.1, 0.15) is 24.2 Å². The quantitative estimate of drug-likeness (QED) is 0.368. The number of carbonyl (C=O) groups is 1. The summed E-state index contributed by atoms with van der Waals surface area (Å²) in [7, 11) is 1.63. The summed E-state index contributed by atoms with van der Waals surface area (Å²) in [6.45, 7) is 3.10. The van der Waals surface area contributed by atoms with Gasteiger partial charge in [0.1, 0.15) is 11.6 Å². The molecule has 4 aromatic rings. The van der Waals surface area contributed by atoms with Crippen LogP contribution in [0.5, 0.6) is 5.75 Å². The van der Waals surface area contributed by atoms with Crippen molar-refractivity contribution in [2.45, 2.75) is 25.9 Å². The van der Waals surface area contributed by atoms with Gasteiger partial charge in [0.15, 0.2) is 0 Å². The van der Waals surface area contributed by atoms with Gasteiger partial charge in [0.25, 0.3) is 0 Å². The molecule has 0 bridgehead atoms. The average Bonchev–Trinajstić information content (AvgIpc) is 3.22. The summed E-state index contributed by atoms with van der Waals surface area (Å²) in [5.41, 5.74) is 4.07. The molecule has 180 valence electrons. The third kappa shape index (κ3) is 5.50. The molecule has 0 saturated carbocycles. The lowest BCUT2D eigenvalue weighted by atomic mass is 9.97. The minimum Gasteiger partial charge on any atom is -0.497 e. The fourth-order valence-corrected chi connectivity index (χ4v) is 4.85. The maximum Gasteiger partial charge on any atom is 0.228 e. The van der Waals surface area contributed by atoms with Gasteiger partial charge in [-0.2, -0.15) is 0 Å². The first-order chi connectivity index (χ1) is 17.1. The number of benzene rings is 3. The van der Waals surface area contributed by atoms with Crippen molar-refractivity contribution in [2.24, 2.45) is 5.92 Å². The Kier molecular flexibility index (Phi) is 7.02. The van der Waals surface area contributed by atoms with Crippen LogP contribution < -0.4 is 10.1 Å². The minimum absolute atomic E-state index is 0.0556. The van der Waals surface area contributed by atoms with Crippen LogP contribution >= 0.6 is 11.6 Å². The third-order valence-corrected chi connectivity index (χ3v) is 6.84. The van der Waals surface area contributed by atoms with Crippen LogP contribution in [-0.2, 0) is 17.9 Å². The van der Waals surface area contributed by atoms with Crippen molar-refractivity contribution in [3.63, 3.8) is 0 Å². The van der Waals surface area contributed by atoms with Crippen LogP contribution in [-0.4, -0.2) is 40.6 Å². The zero-order valence-corrected chi connectivity index (χ0v) is 20.5. The van der Waals surface area contributed by atoms with E-state index in [4.69, 9.17) is 21.3 Å². The van der Waals surface area contributed by atoms with Crippen LogP contribution in [0, 0.1) is 5.92 Å². The summed E-state index contributed by atoms with van der Waals surface area (Å²) >= 11 is 6.09. The predicted molar refractivity (Wildman–Crippen MR) is 140 cm³/mol. The molecular weight excluding hydrogens is 460 g/mol. The van der Waals surface area contributed by atoms with Crippen molar-refractivity contribution in [1.82, 2.24) is 14.5 Å². The van der Waals surface area contributed by atoms with Gasteiger partial charge >= 0.3 is 0 Å². The van der Waals surface area contributed by atoms with Crippen LogP contribution in [0.2, 0.25) is 5.02 Å². The molecule has 35 heavy (non-hydrogen) atoms. The summed E-state index contributed by atoms with van der Waals surface area (Å²) in [6.07, 6.45) is 1.87. The standard InChI is InChI=1S/C28H29ClN4O2/c1-35-24-14-12-23(13-15-24)30-28(34)21-5-4-16-32(18-21)19-27-31-25-6-2-3-7-26(25)33(27)17-20-8-10-22(29)11-9-20/h2-3,6-15,21H,4-5,16-19H2,1H3,(H,30,34)/t21-/m0/s1. The van der Waals surface area contributed by atoms with Crippen molar-refractivity contribution >= 4 is 34.2 Å². The van der Waals surface area contributed by atoms with Gasteiger partial charge in [-0.25, -0.2) is 4.98 Å². The van der Waals surface area contributed by atoms with Crippen molar-refractivity contribution in [3.05, 3.63) is 89.2 Å². The highest BCUT2D eigenvalue weighted by Gasteiger charge is 2.27. The summed E-state index contributed by atoms with van der Waals surface area (Å²) in [4.78, 5) is 20.3. The molecule has 1 aromatic heterocycles. The second-order valence-electron chi connectivity index (χ2n) is 9.02. The highest BCUT2D eigenvalue weighted by Crippen LogP contribution is 2.24. The monoisotopic (exact) mass is 488 g/mol. The highest BCUT2D eigenvalue weighted by molar-refractivity contribution is 6.30. The SMILES string of the molecule is COc1ccc(NC(=O)[C@H]2CCCN(Cc3nc4ccccc4n3Cc3ccc(Cl)cc3)C2)cc1. The zero-order valence-electron chi connectivity index (χ0n) is 19.8. The van der Waals surface area contributed by atoms with E-state index >= 15 is 0 Å². The maximum absolute atomic E-state index is 13.0. The fourth-order valence-electron chi connectivity index (χ4n) is 4.73. The van der Waals surface area contributed by atoms with Crippen molar-refractivity contribution in [3.8, 4) is 5.75 Å². The van der Waals surface area contributed by atoms with Crippen LogP contribution in [0.25, 0.3) is 11.0 Å². The van der Waals surface area contributed by atoms with Gasteiger partial charge in [-0.05, 0) is 73.5 Å². The highest BCUT2D eigenvalue weighted by atomic mass is 35.5. The summed E-state index contributed by atoms with van der Waals surface area (Å²) in [6, 6.07) is 23.6. The van der Waals surface area contributed by atoms with Crippen molar-refractivity contribution < 1.29 is 9.53 Å². The Morgan fingerprint density at radius 3 is 2.60 bits per heavy atom. The van der Waals surface area contributed by atoms with E-state index in [2.05, 4.69) is 39.0 Å². The molecule has 0 spiro atoms. The number of amides is 1. The Hall–Kier alpha value is -3.35. The number of nitrogens with one attached hydrogen (secondary N) is 1. The zero-order chi connectivity index (χ0) is 24.2. The molecule has 1 atom stereocenters. The van der Waals surface area contributed by atoms with E-state index in [1.54, 1.807) is 7.11 Å².